The average molecular weight is 455 g/mol. The van der Waals surface area contributed by atoms with Crippen molar-refractivity contribution in [1.82, 2.24) is 10.6 Å². The highest BCUT2D eigenvalue weighted by Crippen LogP contribution is 2.44. The van der Waals surface area contributed by atoms with Gasteiger partial charge in [0, 0.05) is 19.1 Å². The molecule has 2 aromatic rings. The van der Waals surface area contributed by atoms with E-state index in [2.05, 4.69) is 22.8 Å². The lowest BCUT2D eigenvalue weighted by atomic mass is 9.98. The number of carboxylic acids is 1. The number of fused-ring (bicyclic) bond motifs is 3. The van der Waals surface area contributed by atoms with Crippen molar-refractivity contribution in [2.75, 3.05) is 20.3 Å². The maximum Gasteiger partial charge on any atom is 0.407 e. The Morgan fingerprint density at radius 1 is 1.00 bits per heavy atom. The van der Waals surface area contributed by atoms with E-state index < -0.39 is 30.1 Å². The van der Waals surface area contributed by atoms with Crippen LogP contribution in [0, 0.1) is 0 Å². The normalized spacial score (nSPS) is 14.0. The van der Waals surface area contributed by atoms with Gasteiger partial charge in [-0.1, -0.05) is 61.9 Å². The van der Waals surface area contributed by atoms with E-state index in [4.69, 9.17) is 14.6 Å². The zero-order valence-electron chi connectivity index (χ0n) is 18.9. The number of carbonyl (C=O) groups excluding carboxylic acids is 2. The third kappa shape index (κ3) is 6.10. The molecule has 0 aliphatic heterocycles. The van der Waals surface area contributed by atoms with Crippen LogP contribution in [0.3, 0.4) is 0 Å². The smallest absolute Gasteiger partial charge is 0.407 e. The predicted molar refractivity (Wildman–Crippen MR) is 123 cm³/mol. The molecule has 0 saturated heterocycles. The molecular formula is C25H30N2O6. The van der Waals surface area contributed by atoms with Crippen molar-refractivity contribution in [3.8, 4) is 11.1 Å². The van der Waals surface area contributed by atoms with Crippen LogP contribution < -0.4 is 10.6 Å². The molecule has 3 N–H and O–H groups in total. The Hall–Kier alpha value is -3.39. The minimum Gasteiger partial charge on any atom is -0.481 e. The zero-order chi connectivity index (χ0) is 23.8. The van der Waals surface area contributed by atoms with Crippen LogP contribution >= 0.6 is 0 Å². The van der Waals surface area contributed by atoms with Crippen molar-refractivity contribution in [3.05, 3.63) is 59.7 Å². The van der Waals surface area contributed by atoms with Gasteiger partial charge in [0.25, 0.3) is 0 Å². The standard InChI is InChI=1S/C25H30N2O6/c1-3-8-16(13-23(28)29)26-24(30)22(15-32-2)27-25(31)33-14-21-19-11-6-4-9-17(19)18-10-5-7-12-20(18)21/h4-7,9-12,16,21-22H,3,8,13-15H2,1-2H3,(H,26,30)(H,27,31)(H,28,29). The fraction of sp³-hybridized carbons (Fsp3) is 0.400. The molecule has 2 amide bonds. The Kier molecular flexibility index (Phi) is 8.43. The van der Waals surface area contributed by atoms with Crippen LogP contribution in [0.2, 0.25) is 0 Å². The molecule has 0 fully saturated rings. The fourth-order valence-electron chi connectivity index (χ4n) is 4.22. The summed E-state index contributed by atoms with van der Waals surface area (Å²) in [5.74, 6) is -1.60. The van der Waals surface area contributed by atoms with Gasteiger partial charge in [0.1, 0.15) is 12.6 Å². The lowest BCUT2D eigenvalue weighted by Gasteiger charge is -2.22. The number of carboxylic acid groups (broad SMARTS) is 1. The monoisotopic (exact) mass is 454 g/mol. The van der Waals surface area contributed by atoms with Gasteiger partial charge in [-0.15, -0.1) is 0 Å². The third-order valence-corrected chi connectivity index (χ3v) is 5.69. The van der Waals surface area contributed by atoms with Gasteiger partial charge >= 0.3 is 12.1 Å². The van der Waals surface area contributed by atoms with Gasteiger partial charge in [0.15, 0.2) is 0 Å². The number of ether oxygens (including phenoxy) is 2. The lowest BCUT2D eigenvalue weighted by molar-refractivity contribution is -0.137. The topological polar surface area (TPSA) is 114 Å². The van der Waals surface area contributed by atoms with E-state index in [0.29, 0.717) is 12.8 Å². The molecule has 2 aromatic carbocycles. The van der Waals surface area contributed by atoms with E-state index in [-0.39, 0.29) is 25.6 Å². The second kappa shape index (κ2) is 11.5. The van der Waals surface area contributed by atoms with Crippen molar-refractivity contribution in [2.45, 2.75) is 44.2 Å². The van der Waals surface area contributed by atoms with Crippen molar-refractivity contribution < 1.29 is 29.0 Å². The quantitative estimate of drug-likeness (QED) is 0.480. The van der Waals surface area contributed by atoms with Crippen LogP contribution in [-0.2, 0) is 19.1 Å². The molecule has 0 aromatic heterocycles. The van der Waals surface area contributed by atoms with Crippen LogP contribution in [0.25, 0.3) is 11.1 Å². The van der Waals surface area contributed by atoms with Gasteiger partial charge in [-0.2, -0.15) is 0 Å². The molecule has 0 radical (unpaired) electrons. The lowest BCUT2D eigenvalue weighted by Crippen LogP contribution is -2.52. The molecule has 0 spiro atoms. The minimum atomic E-state index is -1.00. The molecular weight excluding hydrogens is 424 g/mol. The largest absolute Gasteiger partial charge is 0.481 e. The number of hydrogen-bond acceptors (Lipinski definition) is 5. The Labute approximate surface area is 193 Å². The van der Waals surface area contributed by atoms with Crippen LogP contribution in [0.15, 0.2) is 48.5 Å². The van der Waals surface area contributed by atoms with E-state index in [0.717, 1.165) is 22.3 Å². The molecule has 176 valence electrons. The molecule has 2 atom stereocenters. The Morgan fingerprint density at radius 2 is 1.61 bits per heavy atom. The van der Waals surface area contributed by atoms with E-state index in [1.165, 1.54) is 7.11 Å². The highest BCUT2D eigenvalue weighted by molar-refractivity contribution is 5.86. The molecule has 1 aliphatic rings. The van der Waals surface area contributed by atoms with E-state index in [9.17, 15) is 14.4 Å². The first-order chi connectivity index (χ1) is 15.9. The first-order valence-electron chi connectivity index (χ1n) is 11.1. The SMILES string of the molecule is CCCC(CC(=O)O)NC(=O)C(COC)NC(=O)OCC1c2ccccc2-c2ccccc21. The Balaban J connectivity index is 1.62. The van der Waals surface area contributed by atoms with Crippen LogP contribution in [0.1, 0.15) is 43.2 Å². The van der Waals surface area contributed by atoms with E-state index >= 15 is 0 Å². The van der Waals surface area contributed by atoms with E-state index in [1.54, 1.807) is 0 Å². The summed E-state index contributed by atoms with van der Waals surface area (Å²) < 4.78 is 10.6. The number of amides is 2. The number of alkyl carbamates (subject to hydrolysis) is 1. The predicted octanol–water partition coefficient (Wildman–Crippen LogP) is 3.30. The summed E-state index contributed by atoms with van der Waals surface area (Å²) in [6.45, 7) is 1.96. The molecule has 0 saturated carbocycles. The summed E-state index contributed by atoms with van der Waals surface area (Å²) in [5.41, 5.74) is 4.43. The van der Waals surface area contributed by atoms with Crippen LogP contribution in [0.4, 0.5) is 4.79 Å². The number of methoxy groups -OCH3 is 1. The number of rotatable bonds is 11. The summed E-state index contributed by atoms with van der Waals surface area (Å²) in [4.78, 5) is 36.3. The summed E-state index contributed by atoms with van der Waals surface area (Å²) in [6, 6.07) is 14.5. The van der Waals surface area contributed by atoms with Gasteiger partial charge in [0.2, 0.25) is 5.91 Å². The van der Waals surface area contributed by atoms with Gasteiger partial charge in [-0.05, 0) is 28.7 Å². The molecule has 33 heavy (non-hydrogen) atoms. The zero-order valence-corrected chi connectivity index (χ0v) is 18.9. The third-order valence-electron chi connectivity index (χ3n) is 5.69. The average Bonchev–Trinajstić information content (AvgIpc) is 3.11. The molecule has 0 heterocycles. The van der Waals surface area contributed by atoms with E-state index in [1.807, 2.05) is 43.3 Å². The number of hydrogen-bond donors (Lipinski definition) is 3. The number of benzene rings is 2. The van der Waals surface area contributed by atoms with Crippen molar-refractivity contribution in [3.63, 3.8) is 0 Å². The second-order valence-electron chi connectivity index (χ2n) is 8.07. The summed E-state index contributed by atoms with van der Waals surface area (Å²) in [6.07, 6.45) is 0.305. The first kappa shape index (κ1) is 24.3. The highest BCUT2D eigenvalue weighted by atomic mass is 16.5. The van der Waals surface area contributed by atoms with Gasteiger partial charge < -0.3 is 25.2 Å². The number of nitrogens with one attached hydrogen (secondary N) is 2. The number of aliphatic carboxylic acids is 1. The van der Waals surface area contributed by atoms with Gasteiger partial charge in [-0.25, -0.2) is 4.79 Å². The van der Waals surface area contributed by atoms with Crippen molar-refractivity contribution in [1.29, 1.82) is 0 Å². The van der Waals surface area contributed by atoms with Crippen LogP contribution in [0.5, 0.6) is 0 Å². The molecule has 1 aliphatic carbocycles. The van der Waals surface area contributed by atoms with Gasteiger partial charge in [-0.3, -0.25) is 9.59 Å². The maximum absolute atomic E-state index is 12.7. The summed E-state index contributed by atoms with van der Waals surface area (Å²) in [5, 5.41) is 14.3. The van der Waals surface area contributed by atoms with Gasteiger partial charge in [0.05, 0.1) is 13.0 Å². The van der Waals surface area contributed by atoms with Crippen LogP contribution in [-0.4, -0.2) is 55.5 Å². The Bertz CT molecular complexity index is 947. The van der Waals surface area contributed by atoms with Crippen molar-refractivity contribution >= 4 is 18.0 Å². The summed E-state index contributed by atoms with van der Waals surface area (Å²) in [7, 11) is 1.42. The second-order valence-corrected chi connectivity index (χ2v) is 8.07. The Morgan fingerprint density at radius 3 is 2.15 bits per heavy atom. The van der Waals surface area contributed by atoms with Crippen molar-refractivity contribution in [2.24, 2.45) is 0 Å². The first-order valence-corrected chi connectivity index (χ1v) is 11.1. The highest BCUT2D eigenvalue weighted by Gasteiger charge is 2.30. The summed E-state index contributed by atoms with van der Waals surface area (Å²) >= 11 is 0. The number of carbonyl (C=O) groups is 3. The molecule has 8 heteroatoms. The fourth-order valence-corrected chi connectivity index (χ4v) is 4.22. The molecule has 0 bridgehead atoms. The molecule has 3 rings (SSSR count). The minimum absolute atomic E-state index is 0.0675. The molecule has 2 unspecified atom stereocenters. The molecule has 8 nitrogen and oxygen atoms in total. The maximum atomic E-state index is 12.7.